The van der Waals surface area contributed by atoms with Gasteiger partial charge in [-0.1, -0.05) is 68.3 Å². The Morgan fingerprint density at radius 3 is 1.97 bits per heavy atom. The van der Waals surface area contributed by atoms with Crippen LogP contribution in [0.1, 0.15) is 23.6 Å². The highest BCUT2D eigenvalue weighted by atomic mass is 15.1. The summed E-state index contributed by atoms with van der Waals surface area (Å²) in [7, 11) is 4.10. The molecule has 3 aromatic rings. The first kappa shape index (κ1) is 26.3. The lowest BCUT2D eigenvalue weighted by Gasteiger charge is -2.25. The molecule has 192 valence electrons. The van der Waals surface area contributed by atoms with Crippen LogP contribution in [0, 0.1) is 0 Å². The second-order valence-electron chi connectivity index (χ2n) is 9.54. The number of nitrogens with zero attached hydrogens (tertiary/aromatic N) is 3. The van der Waals surface area contributed by atoms with Gasteiger partial charge < -0.3 is 20.4 Å². The van der Waals surface area contributed by atoms with Gasteiger partial charge in [-0.15, -0.1) is 0 Å². The summed E-state index contributed by atoms with van der Waals surface area (Å²) >= 11 is 0. The van der Waals surface area contributed by atoms with Gasteiger partial charge in [0.25, 0.3) is 0 Å². The van der Waals surface area contributed by atoms with Crippen LogP contribution in [0.2, 0.25) is 0 Å². The van der Waals surface area contributed by atoms with Crippen LogP contribution in [0.3, 0.4) is 0 Å². The Kier molecular flexibility index (Phi) is 7.97. The summed E-state index contributed by atoms with van der Waals surface area (Å²) in [6.45, 7) is 18.8. The molecule has 5 nitrogen and oxygen atoms in total. The Hall–Kier alpha value is -4.77. The molecular formula is C33H35N5. The lowest BCUT2D eigenvalue weighted by molar-refractivity contribution is 0.806. The maximum absolute atomic E-state index is 4.59. The van der Waals surface area contributed by atoms with Gasteiger partial charge in [0.2, 0.25) is 0 Å². The standard InChI is InChI=1S/C33H35N5/c1-23(2)29-12-14-30(15-13-29)34-22-38(7)32-18-10-28(11-19-32)21-37(6)31-16-8-27(9-17-31)20-33-24(3)35-26(5)36-25(33)4/h8-20,22,35-36H,1,3-5,21H2,2,6-7H3. The fourth-order valence-corrected chi connectivity index (χ4v) is 4.13. The molecule has 0 atom stereocenters. The molecule has 0 saturated carbocycles. The third-order valence-corrected chi connectivity index (χ3v) is 6.40. The quantitative estimate of drug-likeness (QED) is 0.252. The van der Waals surface area contributed by atoms with Crippen LogP contribution in [0.15, 0.2) is 127 Å². The molecule has 1 saturated heterocycles. The molecule has 0 radical (unpaired) electrons. The number of aliphatic imine (C=N–C) groups is 1. The molecule has 4 rings (SSSR count). The van der Waals surface area contributed by atoms with E-state index in [0.29, 0.717) is 5.82 Å². The van der Waals surface area contributed by atoms with Crippen molar-refractivity contribution in [1.29, 1.82) is 0 Å². The van der Waals surface area contributed by atoms with Crippen LogP contribution in [-0.2, 0) is 6.54 Å². The van der Waals surface area contributed by atoms with Crippen LogP contribution in [0.4, 0.5) is 17.1 Å². The Morgan fingerprint density at radius 2 is 1.39 bits per heavy atom. The molecule has 0 amide bonds. The molecule has 38 heavy (non-hydrogen) atoms. The smallest absolute Gasteiger partial charge is 0.100 e. The van der Waals surface area contributed by atoms with Crippen LogP contribution in [0.5, 0.6) is 0 Å². The zero-order valence-corrected chi connectivity index (χ0v) is 22.5. The number of benzene rings is 3. The normalized spacial score (nSPS) is 13.2. The number of nitrogens with one attached hydrogen (secondary N) is 2. The zero-order chi connectivity index (χ0) is 27.2. The molecule has 2 N–H and O–H groups in total. The SMILES string of the molecule is C=C1NC(=C)C(=Cc2ccc(N(C)Cc3ccc(N(C)C=Nc4ccc(C(=C)C)cc4)cc3)cc2)C(=C)N1. The molecule has 0 spiro atoms. The molecule has 0 bridgehead atoms. The molecule has 3 aromatic carbocycles. The van der Waals surface area contributed by atoms with Crippen molar-refractivity contribution in [2.75, 3.05) is 23.9 Å². The summed E-state index contributed by atoms with van der Waals surface area (Å²) in [5.41, 5.74) is 10.1. The summed E-state index contributed by atoms with van der Waals surface area (Å²) < 4.78 is 0. The van der Waals surface area contributed by atoms with E-state index >= 15 is 0 Å². The minimum atomic E-state index is 0.687. The Balaban J connectivity index is 1.35. The summed E-state index contributed by atoms with van der Waals surface area (Å²) in [6, 6.07) is 25.1. The molecule has 1 aliphatic heterocycles. The zero-order valence-electron chi connectivity index (χ0n) is 22.5. The highest BCUT2D eigenvalue weighted by Crippen LogP contribution is 2.24. The lowest BCUT2D eigenvalue weighted by atomic mass is 10.0. The second kappa shape index (κ2) is 11.5. The van der Waals surface area contributed by atoms with E-state index in [9.17, 15) is 0 Å². The van der Waals surface area contributed by atoms with Crippen molar-refractivity contribution < 1.29 is 0 Å². The maximum Gasteiger partial charge on any atom is 0.100 e. The van der Waals surface area contributed by atoms with Crippen molar-refractivity contribution in [3.8, 4) is 0 Å². The van der Waals surface area contributed by atoms with E-state index in [4.69, 9.17) is 0 Å². The minimum absolute atomic E-state index is 0.687. The van der Waals surface area contributed by atoms with Crippen LogP contribution in [0.25, 0.3) is 11.6 Å². The number of anilines is 2. The van der Waals surface area contributed by atoms with E-state index in [0.717, 1.165) is 57.3 Å². The van der Waals surface area contributed by atoms with Crippen LogP contribution in [-0.4, -0.2) is 20.4 Å². The topological polar surface area (TPSA) is 42.9 Å². The molecule has 0 unspecified atom stereocenters. The molecule has 0 aliphatic carbocycles. The van der Waals surface area contributed by atoms with Crippen LogP contribution >= 0.6 is 0 Å². The highest BCUT2D eigenvalue weighted by molar-refractivity contribution is 5.80. The van der Waals surface area contributed by atoms with Gasteiger partial charge in [0.05, 0.1) is 12.0 Å². The number of hydrogen-bond acceptors (Lipinski definition) is 4. The van der Waals surface area contributed by atoms with Crippen molar-refractivity contribution in [2.45, 2.75) is 13.5 Å². The molecule has 0 aromatic heterocycles. The molecule has 1 aliphatic rings. The average molecular weight is 502 g/mol. The third kappa shape index (κ3) is 6.51. The predicted molar refractivity (Wildman–Crippen MR) is 164 cm³/mol. The number of allylic oxidation sites excluding steroid dienone is 1. The van der Waals surface area contributed by atoms with E-state index in [-0.39, 0.29) is 0 Å². The lowest BCUT2D eigenvalue weighted by Crippen LogP contribution is -2.32. The van der Waals surface area contributed by atoms with Crippen molar-refractivity contribution in [3.05, 3.63) is 139 Å². The maximum atomic E-state index is 4.59. The first-order chi connectivity index (χ1) is 18.2. The van der Waals surface area contributed by atoms with Gasteiger partial charge in [-0.3, -0.25) is 0 Å². The summed E-state index contributed by atoms with van der Waals surface area (Å²) in [5.74, 6) is 0.687. The minimum Gasteiger partial charge on any atom is -0.370 e. The monoisotopic (exact) mass is 501 g/mol. The second-order valence-corrected chi connectivity index (χ2v) is 9.54. The van der Waals surface area contributed by atoms with Crippen molar-refractivity contribution in [2.24, 2.45) is 4.99 Å². The van der Waals surface area contributed by atoms with Gasteiger partial charge >= 0.3 is 0 Å². The average Bonchev–Trinajstić information content (AvgIpc) is 2.90. The highest BCUT2D eigenvalue weighted by Gasteiger charge is 2.15. The van der Waals surface area contributed by atoms with Gasteiger partial charge in [0, 0.05) is 49.0 Å². The van der Waals surface area contributed by atoms with Gasteiger partial charge in [-0.2, -0.15) is 0 Å². The Labute approximate surface area is 226 Å². The van der Waals surface area contributed by atoms with Crippen molar-refractivity contribution in [1.82, 2.24) is 10.6 Å². The summed E-state index contributed by atoms with van der Waals surface area (Å²) in [4.78, 5) is 8.84. The first-order valence-electron chi connectivity index (χ1n) is 12.5. The molecule has 1 heterocycles. The fourth-order valence-electron chi connectivity index (χ4n) is 4.13. The Morgan fingerprint density at radius 1 is 0.816 bits per heavy atom. The number of hydrogen-bond donors (Lipinski definition) is 2. The van der Waals surface area contributed by atoms with Gasteiger partial charge in [-0.25, -0.2) is 4.99 Å². The van der Waals surface area contributed by atoms with E-state index in [1.165, 1.54) is 5.56 Å². The van der Waals surface area contributed by atoms with Gasteiger partial charge in [0.15, 0.2) is 0 Å². The van der Waals surface area contributed by atoms with E-state index in [2.05, 4.69) is 108 Å². The largest absolute Gasteiger partial charge is 0.370 e. The van der Waals surface area contributed by atoms with E-state index in [1.54, 1.807) is 0 Å². The van der Waals surface area contributed by atoms with Gasteiger partial charge in [-0.05, 0) is 66.1 Å². The number of rotatable bonds is 8. The summed E-state index contributed by atoms with van der Waals surface area (Å²) in [5, 5.41) is 6.23. The van der Waals surface area contributed by atoms with Crippen molar-refractivity contribution >= 4 is 35.0 Å². The van der Waals surface area contributed by atoms with Crippen LogP contribution < -0.4 is 20.4 Å². The predicted octanol–water partition coefficient (Wildman–Crippen LogP) is 7.23. The third-order valence-electron chi connectivity index (χ3n) is 6.40. The molecule has 5 heteroatoms. The van der Waals surface area contributed by atoms with Crippen molar-refractivity contribution in [3.63, 3.8) is 0 Å². The summed E-state index contributed by atoms with van der Waals surface area (Å²) in [6.07, 6.45) is 3.91. The molecular weight excluding hydrogens is 466 g/mol. The first-order valence-corrected chi connectivity index (χ1v) is 12.5. The van der Waals surface area contributed by atoms with E-state index in [1.807, 2.05) is 49.5 Å². The van der Waals surface area contributed by atoms with Gasteiger partial charge in [0.1, 0.15) is 5.82 Å². The molecule has 1 fully saturated rings. The Bertz CT molecular complexity index is 1390. The van der Waals surface area contributed by atoms with E-state index < -0.39 is 0 Å². The fraction of sp³-hybridized carbons (Fsp3) is 0.121.